The second-order valence-electron chi connectivity index (χ2n) is 3.05. The van der Waals surface area contributed by atoms with Gasteiger partial charge in [-0.25, -0.2) is 0 Å². The number of nitrogens with one attached hydrogen (secondary N) is 1. The third-order valence-corrected chi connectivity index (χ3v) is 2.54. The van der Waals surface area contributed by atoms with E-state index in [1.165, 1.54) is 0 Å². The summed E-state index contributed by atoms with van der Waals surface area (Å²) < 4.78 is 0.868. The first-order valence-corrected chi connectivity index (χ1v) is 5.49. The fourth-order valence-electron chi connectivity index (χ4n) is 1.31. The van der Waals surface area contributed by atoms with Crippen LogP contribution in [0.3, 0.4) is 0 Å². The molecule has 0 aliphatic heterocycles. The fourth-order valence-corrected chi connectivity index (χ4v) is 1.71. The second-order valence-corrected chi connectivity index (χ2v) is 4.38. The van der Waals surface area contributed by atoms with Gasteiger partial charge in [0.15, 0.2) is 11.6 Å². The van der Waals surface area contributed by atoms with E-state index in [0.717, 1.165) is 9.99 Å². The fraction of sp³-hybridized carbons (Fsp3) is 0. The zero-order valence-electron chi connectivity index (χ0n) is 7.94. The zero-order chi connectivity index (χ0) is 11.7. The number of thiocarbonyl (C=S) groups is 1. The van der Waals surface area contributed by atoms with Gasteiger partial charge in [0.1, 0.15) is 0 Å². The normalized spacial score (nSPS) is 11.3. The van der Waals surface area contributed by atoms with Gasteiger partial charge in [0.2, 0.25) is 5.11 Å². The predicted octanol–water partition coefficient (Wildman–Crippen LogP) is 2.96. The highest BCUT2D eigenvalue weighted by molar-refractivity contribution is 9.10. The summed E-state index contributed by atoms with van der Waals surface area (Å²) in [5.41, 5.74) is 5.94. The SMILES string of the molecule is NC(=S)N=Nc1[nH]c2ccc(Br)cc2c1O. The Balaban J connectivity index is 2.56. The highest BCUT2D eigenvalue weighted by Crippen LogP contribution is 2.36. The summed E-state index contributed by atoms with van der Waals surface area (Å²) in [6.07, 6.45) is 0. The predicted molar refractivity (Wildman–Crippen MR) is 69.0 cm³/mol. The molecule has 0 unspecified atom stereocenters. The van der Waals surface area contributed by atoms with E-state index in [1.54, 1.807) is 6.07 Å². The highest BCUT2D eigenvalue weighted by atomic mass is 79.9. The van der Waals surface area contributed by atoms with Gasteiger partial charge in [-0.3, -0.25) is 0 Å². The number of benzene rings is 1. The summed E-state index contributed by atoms with van der Waals surface area (Å²) in [5, 5.41) is 17.6. The number of aromatic hydroxyl groups is 1. The quantitative estimate of drug-likeness (QED) is 0.559. The Hall–Kier alpha value is -1.47. The van der Waals surface area contributed by atoms with Gasteiger partial charge in [-0.15, -0.1) is 10.2 Å². The summed E-state index contributed by atoms with van der Waals surface area (Å²) in [7, 11) is 0. The molecule has 0 spiro atoms. The molecule has 1 aromatic heterocycles. The number of nitrogens with two attached hydrogens (primary N) is 1. The number of azo groups is 1. The van der Waals surface area contributed by atoms with Crippen molar-refractivity contribution in [2.45, 2.75) is 0 Å². The molecule has 1 heterocycles. The standard InChI is InChI=1S/C9H7BrN4OS/c10-4-1-2-6-5(3-4)7(15)8(12-6)13-14-9(11)16/h1-3,12,15H,(H2,11,16). The largest absolute Gasteiger partial charge is 0.504 e. The van der Waals surface area contributed by atoms with E-state index >= 15 is 0 Å². The van der Waals surface area contributed by atoms with Crippen molar-refractivity contribution in [1.29, 1.82) is 0 Å². The maximum Gasteiger partial charge on any atom is 0.211 e. The topological polar surface area (TPSA) is 86.8 Å². The Morgan fingerprint density at radius 3 is 2.94 bits per heavy atom. The molecule has 5 nitrogen and oxygen atoms in total. The number of nitrogens with zero attached hydrogens (tertiary/aromatic N) is 2. The lowest BCUT2D eigenvalue weighted by molar-refractivity contribution is 0.482. The van der Waals surface area contributed by atoms with Crippen molar-refractivity contribution < 1.29 is 5.11 Å². The molecule has 0 aliphatic carbocycles. The summed E-state index contributed by atoms with van der Waals surface area (Å²) in [6.45, 7) is 0. The van der Waals surface area contributed by atoms with Crippen molar-refractivity contribution >= 4 is 50.0 Å². The molecule has 0 atom stereocenters. The lowest BCUT2D eigenvalue weighted by atomic mass is 10.2. The van der Waals surface area contributed by atoms with Crippen molar-refractivity contribution in [3.63, 3.8) is 0 Å². The smallest absolute Gasteiger partial charge is 0.211 e. The Bertz CT molecular complexity index is 592. The molecule has 0 aliphatic rings. The van der Waals surface area contributed by atoms with Gasteiger partial charge in [0.25, 0.3) is 0 Å². The molecule has 0 radical (unpaired) electrons. The van der Waals surface area contributed by atoms with Crippen LogP contribution in [0.5, 0.6) is 5.75 Å². The Kier molecular flexibility index (Phi) is 2.88. The third-order valence-electron chi connectivity index (χ3n) is 1.96. The molecule has 0 saturated carbocycles. The molecule has 4 N–H and O–H groups in total. The Morgan fingerprint density at radius 2 is 2.25 bits per heavy atom. The molecular formula is C9H7BrN4OS. The first-order valence-electron chi connectivity index (χ1n) is 4.29. The van der Waals surface area contributed by atoms with Crippen LogP contribution in [0.2, 0.25) is 0 Å². The van der Waals surface area contributed by atoms with Crippen molar-refractivity contribution in [2.75, 3.05) is 0 Å². The van der Waals surface area contributed by atoms with Crippen LogP contribution < -0.4 is 5.73 Å². The lowest BCUT2D eigenvalue weighted by Crippen LogP contribution is -2.01. The number of H-pyrrole nitrogens is 1. The van der Waals surface area contributed by atoms with Crippen molar-refractivity contribution in [1.82, 2.24) is 4.98 Å². The second kappa shape index (κ2) is 4.18. The van der Waals surface area contributed by atoms with E-state index in [9.17, 15) is 5.11 Å². The number of aromatic amines is 1. The highest BCUT2D eigenvalue weighted by Gasteiger charge is 2.09. The van der Waals surface area contributed by atoms with Gasteiger partial charge in [-0.2, -0.15) is 0 Å². The van der Waals surface area contributed by atoms with E-state index in [4.69, 9.17) is 5.73 Å². The average Bonchev–Trinajstić information content (AvgIpc) is 2.53. The summed E-state index contributed by atoms with van der Waals surface area (Å²) in [4.78, 5) is 2.90. The molecule has 0 saturated heterocycles. The van der Waals surface area contributed by atoms with Gasteiger partial charge in [-0.1, -0.05) is 15.9 Å². The van der Waals surface area contributed by atoms with Crippen molar-refractivity contribution in [3.8, 4) is 5.75 Å². The molecule has 7 heteroatoms. The molecule has 0 fully saturated rings. The van der Waals surface area contributed by atoms with Crippen molar-refractivity contribution in [3.05, 3.63) is 22.7 Å². The Morgan fingerprint density at radius 1 is 1.50 bits per heavy atom. The monoisotopic (exact) mass is 298 g/mol. The first kappa shape index (κ1) is 11.0. The van der Waals surface area contributed by atoms with Crippen LogP contribution in [0.15, 0.2) is 32.9 Å². The zero-order valence-corrected chi connectivity index (χ0v) is 10.3. The minimum atomic E-state index is -0.0840. The van der Waals surface area contributed by atoms with Crippen LogP contribution in [-0.2, 0) is 0 Å². The van der Waals surface area contributed by atoms with E-state index in [0.29, 0.717) is 5.39 Å². The van der Waals surface area contributed by atoms with Gasteiger partial charge in [-0.05, 0) is 30.4 Å². The van der Waals surface area contributed by atoms with Gasteiger partial charge < -0.3 is 15.8 Å². The lowest BCUT2D eigenvalue weighted by Gasteiger charge is -1.91. The number of fused-ring (bicyclic) bond motifs is 1. The minimum absolute atomic E-state index is 0.0244. The molecule has 16 heavy (non-hydrogen) atoms. The minimum Gasteiger partial charge on any atom is -0.504 e. The molecule has 0 amide bonds. The molecular weight excluding hydrogens is 292 g/mol. The number of hydrogen-bond donors (Lipinski definition) is 3. The number of halogens is 1. The Labute approximate surface area is 104 Å². The summed E-state index contributed by atoms with van der Waals surface area (Å²) in [6, 6.07) is 5.45. The van der Waals surface area contributed by atoms with Gasteiger partial charge in [0.05, 0.1) is 5.52 Å². The van der Waals surface area contributed by atoms with Crippen LogP contribution in [0, 0.1) is 0 Å². The maximum atomic E-state index is 9.84. The van der Waals surface area contributed by atoms with Gasteiger partial charge >= 0.3 is 0 Å². The first-order chi connectivity index (χ1) is 7.58. The molecule has 1 aromatic carbocycles. The van der Waals surface area contributed by atoms with E-state index in [2.05, 4.69) is 43.4 Å². The van der Waals surface area contributed by atoms with E-state index in [-0.39, 0.29) is 16.7 Å². The molecule has 0 bridgehead atoms. The van der Waals surface area contributed by atoms with Crippen LogP contribution >= 0.6 is 28.1 Å². The van der Waals surface area contributed by atoms with Crippen LogP contribution in [0.4, 0.5) is 5.82 Å². The molecule has 2 rings (SSSR count). The number of aromatic nitrogens is 1. The van der Waals surface area contributed by atoms with Crippen molar-refractivity contribution in [2.24, 2.45) is 16.0 Å². The maximum absolute atomic E-state index is 9.84. The third kappa shape index (κ3) is 2.05. The molecule has 82 valence electrons. The van der Waals surface area contributed by atoms with Crippen LogP contribution in [-0.4, -0.2) is 15.2 Å². The molecule has 2 aromatic rings. The summed E-state index contributed by atoms with van der Waals surface area (Å²) >= 11 is 7.87. The van der Waals surface area contributed by atoms with E-state index in [1.807, 2.05) is 12.1 Å². The summed E-state index contributed by atoms with van der Waals surface area (Å²) in [5.74, 6) is 0.261. The number of hydrogen-bond acceptors (Lipinski definition) is 3. The average molecular weight is 299 g/mol. The van der Waals surface area contributed by atoms with Gasteiger partial charge in [0, 0.05) is 9.86 Å². The van der Waals surface area contributed by atoms with Crippen LogP contribution in [0.1, 0.15) is 0 Å². The van der Waals surface area contributed by atoms with E-state index < -0.39 is 0 Å². The van der Waals surface area contributed by atoms with Crippen LogP contribution in [0.25, 0.3) is 10.9 Å². The number of rotatable bonds is 1.